The Hall–Kier alpha value is -3.16. The maximum Gasteiger partial charge on any atom is 0.292 e. The number of rotatable bonds is 5. The van der Waals surface area contributed by atoms with E-state index in [4.69, 9.17) is 11.6 Å². The number of para-hydroxylation sites is 1. The van der Waals surface area contributed by atoms with Crippen molar-refractivity contribution in [3.05, 3.63) is 87.8 Å². The van der Waals surface area contributed by atoms with Gasteiger partial charge < -0.3 is 9.80 Å². The Kier molecular flexibility index (Phi) is 6.65. The zero-order valence-electron chi connectivity index (χ0n) is 19.0. The highest BCUT2D eigenvalue weighted by atomic mass is 35.5. The van der Waals surface area contributed by atoms with E-state index in [0.29, 0.717) is 37.6 Å². The molecule has 0 radical (unpaired) electrons. The lowest BCUT2D eigenvalue weighted by Gasteiger charge is -2.40. The molecule has 2 aromatic carbocycles. The van der Waals surface area contributed by atoms with E-state index >= 15 is 0 Å². The molecule has 1 aromatic heterocycles. The molecule has 0 aliphatic carbocycles. The quantitative estimate of drug-likeness (QED) is 0.564. The average molecular weight is 478 g/mol. The summed E-state index contributed by atoms with van der Waals surface area (Å²) in [6.07, 6.45) is 3.80. The number of nitrogens with zero attached hydrogens (tertiary/aromatic N) is 5. The lowest BCUT2D eigenvalue weighted by Crippen LogP contribution is -2.51. The maximum atomic E-state index is 13.5. The molecular formula is C26H28ClN5O2. The van der Waals surface area contributed by atoms with Crippen molar-refractivity contribution in [1.82, 2.24) is 19.6 Å². The van der Waals surface area contributed by atoms with Crippen LogP contribution in [0.15, 0.2) is 71.7 Å². The largest absolute Gasteiger partial charge is 0.366 e. The fourth-order valence-corrected chi connectivity index (χ4v) is 5.12. The Balaban J connectivity index is 1.34. The first kappa shape index (κ1) is 22.6. The number of halogens is 1. The number of hydrogen-bond donors (Lipinski definition) is 0. The number of carbonyl (C=O) groups is 1. The minimum atomic E-state index is -0.334. The van der Waals surface area contributed by atoms with Gasteiger partial charge in [0.15, 0.2) is 0 Å². The SMILES string of the molecule is O=C([C@H](c1ccccc1)N1CCN(c2cnn(-c3ccccc3)c(=O)c2Cl)CC1)N1CCCC1. The van der Waals surface area contributed by atoms with Gasteiger partial charge in [0.25, 0.3) is 5.56 Å². The van der Waals surface area contributed by atoms with E-state index in [-0.39, 0.29) is 22.5 Å². The third kappa shape index (κ3) is 4.45. The second-order valence-electron chi connectivity index (χ2n) is 8.76. The first-order valence-corrected chi connectivity index (χ1v) is 12.2. The van der Waals surface area contributed by atoms with Crippen molar-refractivity contribution in [3.63, 3.8) is 0 Å². The van der Waals surface area contributed by atoms with Crippen LogP contribution in [0.1, 0.15) is 24.4 Å². The zero-order chi connectivity index (χ0) is 23.5. The van der Waals surface area contributed by atoms with Crippen LogP contribution in [0.3, 0.4) is 0 Å². The molecule has 0 spiro atoms. The maximum absolute atomic E-state index is 13.5. The minimum Gasteiger partial charge on any atom is -0.366 e. The van der Waals surface area contributed by atoms with Crippen LogP contribution in [0.4, 0.5) is 5.69 Å². The fourth-order valence-electron chi connectivity index (χ4n) is 4.87. The highest BCUT2D eigenvalue weighted by Crippen LogP contribution is 2.29. The molecule has 0 saturated carbocycles. The van der Waals surface area contributed by atoms with Gasteiger partial charge in [0, 0.05) is 39.3 Å². The third-order valence-corrected chi connectivity index (χ3v) is 7.04. The van der Waals surface area contributed by atoms with Crippen LogP contribution in [-0.2, 0) is 4.79 Å². The van der Waals surface area contributed by atoms with E-state index in [0.717, 1.165) is 31.5 Å². The van der Waals surface area contributed by atoms with Crippen molar-refractivity contribution in [3.8, 4) is 5.69 Å². The number of hydrogen-bond acceptors (Lipinski definition) is 5. The average Bonchev–Trinajstić information content (AvgIpc) is 3.43. The summed E-state index contributed by atoms with van der Waals surface area (Å²) in [4.78, 5) is 32.7. The number of amides is 1. The van der Waals surface area contributed by atoms with Crippen molar-refractivity contribution in [2.75, 3.05) is 44.2 Å². The topological polar surface area (TPSA) is 61.7 Å². The summed E-state index contributed by atoms with van der Waals surface area (Å²) in [5.41, 5.74) is 2.01. The van der Waals surface area contributed by atoms with Crippen molar-refractivity contribution in [2.24, 2.45) is 0 Å². The van der Waals surface area contributed by atoms with Crippen LogP contribution in [0.5, 0.6) is 0 Å². The number of carbonyl (C=O) groups excluding carboxylic acids is 1. The normalized spacial score (nSPS) is 17.7. The van der Waals surface area contributed by atoms with E-state index in [1.165, 1.54) is 4.68 Å². The molecule has 1 amide bonds. The van der Waals surface area contributed by atoms with E-state index in [2.05, 4.69) is 14.9 Å². The fraction of sp³-hybridized carbons (Fsp3) is 0.346. The molecule has 2 fully saturated rings. The Morgan fingerprint density at radius 1 is 0.853 bits per heavy atom. The van der Waals surface area contributed by atoms with Gasteiger partial charge in [-0.15, -0.1) is 0 Å². The van der Waals surface area contributed by atoms with Gasteiger partial charge in [0.2, 0.25) is 5.91 Å². The second-order valence-corrected chi connectivity index (χ2v) is 9.14. The molecule has 5 rings (SSSR count). The summed E-state index contributed by atoms with van der Waals surface area (Å²) < 4.78 is 1.32. The molecule has 2 saturated heterocycles. The van der Waals surface area contributed by atoms with Crippen LogP contribution in [0, 0.1) is 0 Å². The number of likely N-dealkylation sites (tertiary alicyclic amines) is 1. The molecule has 3 heterocycles. The predicted molar refractivity (Wildman–Crippen MR) is 134 cm³/mol. The van der Waals surface area contributed by atoms with Crippen LogP contribution in [0.25, 0.3) is 5.69 Å². The standard InChI is InChI=1S/C26H28ClN5O2/c27-23-22(19-28-32(25(23)33)21-11-5-2-6-12-21)29-15-17-30(18-16-29)24(20-9-3-1-4-10-20)26(34)31-13-7-8-14-31/h1-6,9-12,19,24H,7-8,13-18H2/t24-/m0/s1. The summed E-state index contributed by atoms with van der Waals surface area (Å²) >= 11 is 6.52. The molecule has 0 unspecified atom stereocenters. The van der Waals surface area contributed by atoms with Gasteiger partial charge in [-0.3, -0.25) is 14.5 Å². The van der Waals surface area contributed by atoms with E-state index in [1.807, 2.05) is 65.6 Å². The predicted octanol–water partition coefficient (Wildman–Crippen LogP) is 3.37. The van der Waals surface area contributed by atoms with Crippen molar-refractivity contribution < 1.29 is 4.79 Å². The van der Waals surface area contributed by atoms with Crippen molar-refractivity contribution >= 4 is 23.2 Å². The summed E-state index contributed by atoms with van der Waals surface area (Å²) in [7, 11) is 0. The van der Waals surface area contributed by atoms with E-state index in [1.54, 1.807) is 6.20 Å². The smallest absolute Gasteiger partial charge is 0.292 e. The summed E-state index contributed by atoms with van der Waals surface area (Å²) in [5.74, 6) is 0.183. The third-order valence-electron chi connectivity index (χ3n) is 6.69. The van der Waals surface area contributed by atoms with Gasteiger partial charge in [-0.1, -0.05) is 60.1 Å². The Morgan fingerprint density at radius 3 is 2.12 bits per heavy atom. The van der Waals surface area contributed by atoms with Crippen LogP contribution < -0.4 is 10.5 Å². The van der Waals surface area contributed by atoms with Crippen LogP contribution in [-0.4, -0.2) is 64.8 Å². The Morgan fingerprint density at radius 2 is 1.47 bits per heavy atom. The lowest BCUT2D eigenvalue weighted by molar-refractivity contribution is -0.136. The van der Waals surface area contributed by atoms with Crippen molar-refractivity contribution in [1.29, 1.82) is 0 Å². The van der Waals surface area contributed by atoms with Gasteiger partial charge in [-0.2, -0.15) is 9.78 Å². The molecule has 0 N–H and O–H groups in total. The molecule has 3 aromatic rings. The minimum absolute atomic E-state index is 0.167. The summed E-state index contributed by atoms with van der Waals surface area (Å²) in [5, 5.41) is 4.54. The number of aromatic nitrogens is 2. The van der Waals surface area contributed by atoms with Crippen molar-refractivity contribution in [2.45, 2.75) is 18.9 Å². The number of piperazine rings is 1. The summed E-state index contributed by atoms with van der Waals surface area (Å²) in [6.45, 7) is 4.37. The number of benzene rings is 2. The van der Waals surface area contributed by atoms with Crippen LogP contribution in [0.2, 0.25) is 5.02 Å². The van der Waals surface area contributed by atoms with E-state index in [9.17, 15) is 9.59 Å². The van der Waals surface area contributed by atoms with E-state index < -0.39 is 0 Å². The molecule has 2 aliphatic rings. The molecule has 7 nitrogen and oxygen atoms in total. The molecule has 0 bridgehead atoms. The van der Waals surface area contributed by atoms with Gasteiger partial charge in [-0.25, -0.2) is 0 Å². The molecule has 1 atom stereocenters. The van der Waals surface area contributed by atoms with Gasteiger partial charge >= 0.3 is 0 Å². The van der Waals surface area contributed by atoms with Gasteiger partial charge in [0.1, 0.15) is 11.1 Å². The lowest BCUT2D eigenvalue weighted by atomic mass is 10.0. The monoisotopic (exact) mass is 477 g/mol. The highest BCUT2D eigenvalue weighted by Gasteiger charge is 2.34. The zero-order valence-corrected chi connectivity index (χ0v) is 19.8. The van der Waals surface area contributed by atoms with Gasteiger partial charge in [-0.05, 0) is 30.5 Å². The second kappa shape index (κ2) is 9.99. The van der Waals surface area contributed by atoms with Gasteiger partial charge in [0.05, 0.1) is 17.6 Å². The molecule has 8 heteroatoms. The Bertz CT molecular complexity index is 1190. The molecular weight excluding hydrogens is 450 g/mol. The highest BCUT2D eigenvalue weighted by molar-refractivity contribution is 6.33. The van der Waals surface area contributed by atoms with Crippen LogP contribution >= 0.6 is 11.6 Å². The molecule has 34 heavy (non-hydrogen) atoms. The first-order chi connectivity index (χ1) is 16.6. The Labute approximate surface area is 204 Å². The number of anilines is 1. The molecule has 176 valence electrons. The summed E-state index contributed by atoms with van der Waals surface area (Å²) in [6, 6.07) is 19.0. The first-order valence-electron chi connectivity index (χ1n) is 11.8. The molecule has 2 aliphatic heterocycles.